The molecule has 96 valence electrons. The van der Waals surface area contributed by atoms with Crippen molar-refractivity contribution >= 4 is 5.97 Å². The molecule has 0 heterocycles. The summed E-state index contributed by atoms with van der Waals surface area (Å²) < 4.78 is 10.2. The van der Waals surface area contributed by atoms with Crippen LogP contribution >= 0.6 is 0 Å². The Bertz CT molecular complexity index is 192. The first-order chi connectivity index (χ1) is 7.66. The number of hydrogen-bond donors (Lipinski definition) is 2. The van der Waals surface area contributed by atoms with Crippen molar-refractivity contribution in [3.8, 4) is 0 Å². The zero-order valence-electron chi connectivity index (χ0n) is 10.2. The molecule has 1 atom stereocenters. The second-order valence-corrected chi connectivity index (χ2v) is 3.64. The van der Waals surface area contributed by atoms with Gasteiger partial charge in [0.05, 0.1) is 25.2 Å². The Morgan fingerprint density at radius 2 is 2.06 bits per heavy atom. The number of aliphatic hydroxyl groups excluding tert-OH is 1. The molecule has 0 radical (unpaired) electrons. The van der Waals surface area contributed by atoms with Gasteiger partial charge >= 0.3 is 5.97 Å². The lowest BCUT2D eigenvalue weighted by atomic mass is 9.82. The summed E-state index contributed by atoms with van der Waals surface area (Å²) in [6.45, 7) is 4.98. The first kappa shape index (κ1) is 15.3. The highest BCUT2D eigenvalue weighted by molar-refractivity contribution is 5.77. The van der Waals surface area contributed by atoms with E-state index >= 15 is 0 Å². The minimum absolute atomic E-state index is 0.0127. The van der Waals surface area contributed by atoms with E-state index in [-0.39, 0.29) is 25.7 Å². The molecule has 0 spiro atoms. The number of carbonyl (C=O) groups is 1. The second-order valence-electron chi connectivity index (χ2n) is 3.64. The van der Waals surface area contributed by atoms with Crippen LogP contribution in [0.15, 0.2) is 0 Å². The van der Waals surface area contributed by atoms with Crippen molar-refractivity contribution < 1.29 is 19.4 Å². The van der Waals surface area contributed by atoms with Crippen molar-refractivity contribution in [1.82, 2.24) is 0 Å². The molecule has 0 bridgehead atoms. The molecular weight excluding hydrogens is 210 g/mol. The van der Waals surface area contributed by atoms with E-state index in [4.69, 9.17) is 20.3 Å². The topological polar surface area (TPSA) is 81.8 Å². The molecule has 5 heteroatoms. The molecule has 0 aromatic carbocycles. The molecule has 0 fully saturated rings. The maximum Gasteiger partial charge on any atom is 0.313 e. The van der Waals surface area contributed by atoms with Gasteiger partial charge in [-0.05, 0) is 19.8 Å². The zero-order valence-corrected chi connectivity index (χ0v) is 10.2. The SMILES string of the molecule is CCOC(=O)C(CC)(CN)CCOCCO. The van der Waals surface area contributed by atoms with Crippen LogP contribution < -0.4 is 5.73 Å². The van der Waals surface area contributed by atoms with Gasteiger partial charge in [0.1, 0.15) is 0 Å². The molecule has 0 aromatic rings. The van der Waals surface area contributed by atoms with E-state index in [1.54, 1.807) is 6.92 Å². The summed E-state index contributed by atoms with van der Waals surface area (Å²) in [6.07, 6.45) is 1.16. The Kier molecular flexibility index (Phi) is 8.15. The second kappa shape index (κ2) is 8.50. The van der Waals surface area contributed by atoms with Crippen molar-refractivity contribution in [1.29, 1.82) is 0 Å². The third-order valence-electron chi connectivity index (χ3n) is 2.74. The highest BCUT2D eigenvalue weighted by Gasteiger charge is 2.36. The van der Waals surface area contributed by atoms with Crippen LogP contribution in [-0.2, 0) is 14.3 Å². The quantitative estimate of drug-likeness (QED) is 0.442. The average Bonchev–Trinajstić information content (AvgIpc) is 2.30. The van der Waals surface area contributed by atoms with Gasteiger partial charge in [-0.3, -0.25) is 4.79 Å². The van der Waals surface area contributed by atoms with Gasteiger partial charge in [0.15, 0.2) is 0 Å². The maximum absolute atomic E-state index is 11.8. The Hall–Kier alpha value is -0.650. The number of nitrogens with two attached hydrogens (primary N) is 1. The van der Waals surface area contributed by atoms with Crippen LogP contribution in [0.2, 0.25) is 0 Å². The third-order valence-corrected chi connectivity index (χ3v) is 2.74. The highest BCUT2D eigenvalue weighted by Crippen LogP contribution is 2.27. The van der Waals surface area contributed by atoms with Gasteiger partial charge in [0, 0.05) is 13.2 Å². The number of carbonyl (C=O) groups excluding carboxylic acids is 1. The smallest absolute Gasteiger partial charge is 0.313 e. The first-order valence-electron chi connectivity index (χ1n) is 5.72. The summed E-state index contributed by atoms with van der Waals surface area (Å²) in [5, 5.41) is 8.56. The average molecular weight is 233 g/mol. The standard InChI is InChI=1S/C11H23NO4/c1-3-11(9-12,10(14)16-4-2)5-7-15-8-6-13/h13H,3-9,12H2,1-2H3. The van der Waals surface area contributed by atoms with E-state index in [0.717, 1.165) is 0 Å². The molecule has 5 nitrogen and oxygen atoms in total. The number of ether oxygens (including phenoxy) is 2. The van der Waals surface area contributed by atoms with Gasteiger partial charge in [-0.25, -0.2) is 0 Å². The Labute approximate surface area is 96.9 Å². The summed E-state index contributed by atoms with van der Waals surface area (Å²) >= 11 is 0. The number of esters is 1. The van der Waals surface area contributed by atoms with Crippen LogP contribution in [0.4, 0.5) is 0 Å². The van der Waals surface area contributed by atoms with Gasteiger partial charge in [-0.1, -0.05) is 6.92 Å². The van der Waals surface area contributed by atoms with E-state index in [0.29, 0.717) is 26.1 Å². The predicted octanol–water partition coefficient (Wildman–Crippen LogP) is 0.304. The van der Waals surface area contributed by atoms with E-state index < -0.39 is 5.41 Å². The van der Waals surface area contributed by atoms with Crippen molar-refractivity contribution in [2.45, 2.75) is 26.7 Å². The van der Waals surface area contributed by atoms with E-state index in [1.165, 1.54) is 0 Å². The van der Waals surface area contributed by atoms with Gasteiger partial charge in [-0.2, -0.15) is 0 Å². The molecule has 1 unspecified atom stereocenters. The van der Waals surface area contributed by atoms with Crippen LogP contribution in [0.1, 0.15) is 26.7 Å². The lowest BCUT2D eigenvalue weighted by Crippen LogP contribution is -2.40. The van der Waals surface area contributed by atoms with Crippen molar-refractivity contribution in [3.63, 3.8) is 0 Å². The molecule has 0 rings (SSSR count). The molecule has 0 amide bonds. The highest BCUT2D eigenvalue weighted by atomic mass is 16.5. The molecule has 0 aliphatic carbocycles. The monoisotopic (exact) mass is 233 g/mol. The Balaban J connectivity index is 4.26. The normalized spacial score (nSPS) is 14.5. The minimum Gasteiger partial charge on any atom is -0.466 e. The van der Waals surface area contributed by atoms with Gasteiger partial charge < -0.3 is 20.3 Å². The lowest BCUT2D eigenvalue weighted by Gasteiger charge is -2.28. The molecular formula is C11H23NO4. The Morgan fingerprint density at radius 1 is 1.38 bits per heavy atom. The summed E-state index contributed by atoms with van der Waals surface area (Å²) in [5.74, 6) is -0.257. The fourth-order valence-corrected chi connectivity index (χ4v) is 1.47. The molecule has 0 saturated carbocycles. The number of aliphatic hydroxyl groups is 1. The number of hydrogen-bond acceptors (Lipinski definition) is 5. The number of rotatable bonds is 9. The molecule has 3 N–H and O–H groups in total. The molecule has 0 aliphatic rings. The molecule has 0 aliphatic heterocycles. The van der Waals surface area contributed by atoms with Crippen LogP contribution in [0.25, 0.3) is 0 Å². The van der Waals surface area contributed by atoms with Gasteiger partial charge in [0.2, 0.25) is 0 Å². The van der Waals surface area contributed by atoms with Crippen LogP contribution in [0.3, 0.4) is 0 Å². The van der Waals surface area contributed by atoms with E-state index in [1.807, 2.05) is 6.92 Å². The van der Waals surface area contributed by atoms with Crippen LogP contribution in [0, 0.1) is 5.41 Å². The van der Waals surface area contributed by atoms with Gasteiger partial charge in [0.25, 0.3) is 0 Å². The lowest BCUT2D eigenvalue weighted by molar-refractivity contribution is -0.156. The third kappa shape index (κ3) is 4.47. The predicted molar refractivity (Wildman–Crippen MR) is 60.9 cm³/mol. The van der Waals surface area contributed by atoms with Crippen molar-refractivity contribution in [2.75, 3.05) is 33.0 Å². The van der Waals surface area contributed by atoms with Crippen molar-refractivity contribution in [3.05, 3.63) is 0 Å². The molecule has 0 saturated heterocycles. The summed E-state index contributed by atoms with van der Waals surface area (Å²) in [7, 11) is 0. The van der Waals surface area contributed by atoms with Crippen LogP contribution in [0.5, 0.6) is 0 Å². The summed E-state index contributed by atoms with van der Waals surface area (Å²) in [5.41, 5.74) is 5.01. The van der Waals surface area contributed by atoms with Crippen LogP contribution in [-0.4, -0.2) is 44.0 Å². The maximum atomic E-state index is 11.8. The fraction of sp³-hybridized carbons (Fsp3) is 0.909. The molecule has 16 heavy (non-hydrogen) atoms. The molecule has 0 aromatic heterocycles. The largest absolute Gasteiger partial charge is 0.466 e. The first-order valence-corrected chi connectivity index (χ1v) is 5.72. The van der Waals surface area contributed by atoms with Gasteiger partial charge in [-0.15, -0.1) is 0 Å². The van der Waals surface area contributed by atoms with E-state index in [9.17, 15) is 4.79 Å². The zero-order chi connectivity index (χ0) is 12.4. The Morgan fingerprint density at radius 3 is 2.50 bits per heavy atom. The fourth-order valence-electron chi connectivity index (χ4n) is 1.47. The van der Waals surface area contributed by atoms with E-state index in [2.05, 4.69) is 0 Å². The van der Waals surface area contributed by atoms with Crippen molar-refractivity contribution in [2.24, 2.45) is 11.1 Å². The summed E-state index contributed by atoms with van der Waals surface area (Å²) in [6, 6.07) is 0. The summed E-state index contributed by atoms with van der Waals surface area (Å²) in [4.78, 5) is 11.8. The minimum atomic E-state index is -0.647.